The minimum Gasteiger partial charge on any atom is -0.298 e. The Morgan fingerprint density at radius 1 is 1.06 bits per heavy atom. The fourth-order valence-electron chi connectivity index (χ4n) is 1.79. The van der Waals surface area contributed by atoms with Crippen molar-refractivity contribution < 1.29 is 0 Å². The van der Waals surface area contributed by atoms with E-state index in [2.05, 4.69) is 16.9 Å². The van der Waals surface area contributed by atoms with Crippen LogP contribution in [0.25, 0.3) is 0 Å². The molecule has 0 spiro atoms. The van der Waals surface area contributed by atoms with E-state index >= 15 is 0 Å². The highest BCUT2D eigenvalue weighted by atomic mass is 35.5. The largest absolute Gasteiger partial charge is 0.298 e. The first-order chi connectivity index (χ1) is 8.65. The number of hydrogen-bond donors (Lipinski definition) is 0. The predicted molar refractivity (Wildman–Crippen MR) is 75.9 cm³/mol. The Balaban J connectivity index is 1.99. The highest BCUT2D eigenvalue weighted by Gasteiger charge is 2.05. The number of pyridine rings is 1. The second-order valence-electron chi connectivity index (χ2n) is 4.25. The third-order valence-electron chi connectivity index (χ3n) is 2.64. The molecule has 18 heavy (non-hydrogen) atoms. The monoisotopic (exact) mass is 280 g/mol. The summed E-state index contributed by atoms with van der Waals surface area (Å²) in [6, 6.07) is 11.8. The van der Waals surface area contributed by atoms with Crippen molar-refractivity contribution in [3.05, 3.63) is 63.9 Å². The van der Waals surface area contributed by atoms with Crippen LogP contribution in [0.1, 0.15) is 11.1 Å². The van der Waals surface area contributed by atoms with Gasteiger partial charge < -0.3 is 0 Å². The number of rotatable bonds is 4. The smallest absolute Gasteiger partial charge is 0.133 e. The fourth-order valence-corrected chi connectivity index (χ4v) is 2.09. The molecule has 0 bridgehead atoms. The van der Waals surface area contributed by atoms with E-state index in [1.807, 2.05) is 36.4 Å². The van der Waals surface area contributed by atoms with Gasteiger partial charge in [-0.05, 0) is 30.8 Å². The summed E-state index contributed by atoms with van der Waals surface area (Å²) < 4.78 is 0. The van der Waals surface area contributed by atoms with Crippen LogP contribution >= 0.6 is 23.2 Å². The summed E-state index contributed by atoms with van der Waals surface area (Å²) in [5.74, 6) is 0. The summed E-state index contributed by atoms with van der Waals surface area (Å²) in [7, 11) is 2.05. The topological polar surface area (TPSA) is 16.1 Å². The van der Waals surface area contributed by atoms with E-state index in [0.29, 0.717) is 5.15 Å². The highest BCUT2D eigenvalue weighted by molar-refractivity contribution is 6.30. The van der Waals surface area contributed by atoms with Crippen molar-refractivity contribution in [2.75, 3.05) is 7.05 Å². The average Bonchev–Trinajstić information content (AvgIpc) is 2.35. The van der Waals surface area contributed by atoms with Gasteiger partial charge in [-0.25, -0.2) is 4.98 Å². The molecule has 0 unspecified atom stereocenters. The zero-order chi connectivity index (χ0) is 13.0. The van der Waals surface area contributed by atoms with Crippen LogP contribution in [-0.4, -0.2) is 16.9 Å². The lowest BCUT2D eigenvalue weighted by Gasteiger charge is -2.17. The Kier molecular flexibility index (Phi) is 4.59. The molecule has 0 radical (unpaired) electrons. The number of nitrogens with zero attached hydrogens (tertiary/aromatic N) is 2. The van der Waals surface area contributed by atoms with Gasteiger partial charge in [-0.3, -0.25) is 4.90 Å². The van der Waals surface area contributed by atoms with E-state index < -0.39 is 0 Å². The van der Waals surface area contributed by atoms with Gasteiger partial charge in [0.1, 0.15) is 5.15 Å². The third-order valence-corrected chi connectivity index (χ3v) is 3.23. The van der Waals surface area contributed by atoms with Gasteiger partial charge >= 0.3 is 0 Å². The zero-order valence-electron chi connectivity index (χ0n) is 10.1. The summed E-state index contributed by atoms with van der Waals surface area (Å²) in [5, 5.41) is 1.33. The Hall–Kier alpha value is -1.09. The first-order valence-corrected chi connectivity index (χ1v) is 6.43. The molecule has 0 aliphatic heterocycles. The molecule has 2 rings (SSSR count). The molecule has 4 heteroatoms. The normalized spacial score (nSPS) is 10.9. The second kappa shape index (κ2) is 6.19. The summed E-state index contributed by atoms with van der Waals surface area (Å²) in [5.41, 5.74) is 2.26. The molecule has 1 aromatic heterocycles. The first-order valence-electron chi connectivity index (χ1n) is 5.67. The lowest BCUT2D eigenvalue weighted by molar-refractivity contribution is 0.319. The van der Waals surface area contributed by atoms with Crippen molar-refractivity contribution >= 4 is 23.2 Å². The molecule has 0 amide bonds. The second-order valence-corrected chi connectivity index (χ2v) is 5.05. The van der Waals surface area contributed by atoms with Crippen LogP contribution in [0.3, 0.4) is 0 Å². The Bertz CT molecular complexity index is 511. The standard InChI is InChI=1S/C14H14Cl2N2/c1-18(9-11-4-6-13(15)7-5-11)10-12-3-2-8-17-14(12)16/h2-8H,9-10H2,1H3. The van der Waals surface area contributed by atoms with Gasteiger partial charge in [-0.15, -0.1) is 0 Å². The number of aromatic nitrogens is 1. The van der Waals surface area contributed by atoms with E-state index in [9.17, 15) is 0 Å². The Morgan fingerprint density at radius 3 is 2.44 bits per heavy atom. The molecule has 1 aromatic carbocycles. The van der Waals surface area contributed by atoms with E-state index in [0.717, 1.165) is 23.7 Å². The molecule has 2 aromatic rings. The molecular formula is C14H14Cl2N2. The van der Waals surface area contributed by atoms with Crippen LogP contribution in [-0.2, 0) is 13.1 Å². The average molecular weight is 281 g/mol. The molecule has 1 heterocycles. The number of halogens is 2. The fraction of sp³-hybridized carbons (Fsp3) is 0.214. The summed E-state index contributed by atoms with van der Waals surface area (Å²) >= 11 is 11.9. The maximum Gasteiger partial charge on any atom is 0.133 e. The molecule has 0 atom stereocenters. The molecular weight excluding hydrogens is 267 g/mol. The van der Waals surface area contributed by atoms with E-state index in [-0.39, 0.29) is 0 Å². The van der Waals surface area contributed by atoms with Gasteiger partial charge in [0.05, 0.1) is 0 Å². The lowest BCUT2D eigenvalue weighted by atomic mass is 10.2. The molecule has 0 saturated carbocycles. The Labute approximate surface area is 117 Å². The van der Waals surface area contributed by atoms with E-state index in [1.54, 1.807) is 6.20 Å². The number of benzene rings is 1. The summed E-state index contributed by atoms with van der Waals surface area (Å²) in [6.45, 7) is 1.62. The maximum atomic E-state index is 6.04. The van der Waals surface area contributed by atoms with Crippen molar-refractivity contribution in [2.24, 2.45) is 0 Å². The van der Waals surface area contributed by atoms with Crippen molar-refractivity contribution in [3.8, 4) is 0 Å². The van der Waals surface area contributed by atoms with Crippen LogP contribution in [0.5, 0.6) is 0 Å². The van der Waals surface area contributed by atoms with Crippen LogP contribution in [0.4, 0.5) is 0 Å². The molecule has 2 nitrogen and oxygen atoms in total. The zero-order valence-corrected chi connectivity index (χ0v) is 11.6. The van der Waals surface area contributed by atoms with Gasteiger partial charge in [-0.1, -0.05) is 41.4 Å². The van der Waals surface area contributed by atoms with Gasteiger partial charge in [0.2, 0.25) is 0 Å². The van der Waals surface area contributed by atoms with Crippen LogP contribution in [0.2, 0.25) is 10.2 Å². The van der Waals surface area contributed by atoms with Gasteiger partial charge in [0.15, 0.2) is 0 Å². The minimum atomic E-state index is 0.570. The quantitative estimate of drug-likeness (QED) is 0.787. The molecule has 0 fully saturated rings. The summed E-state index contributed by atoms with van der Waals surface area (Å²) in [4.78, 5) is 6.26. The van der Waals surface area contributed by atoms with Gasteiger partial charge in [0.25, 0.3) is 0 Å². The highest BCUT2D eigenvalue weighted by Crippen LogP contribution is 2.16. The van der Waals surface area contributed by atoms with Gasteiger partial charge in [-0.2, -0.15) is 0 Å². The van der Waals surface area contributed by atoms with Crippen LogP contribution < -0.4 is 0 Å². The summed E-state index contributed by atoms with van der Waals surface area (Å²) in [6.07, 6.45) is 1.70. The van der Waals surface area contributed by atoms with Crippen molar-refractivity contribution in [1.82, 2.24) is 9.88 Å². The van der Waals surface area contributed by atoms with Crippen LogP contribution in [0, 0.1) is 0 Å². The first kappa shape index (κ1) is 13.3. The molecule has 0 aliphatic rings. The lowest BCUT2D eigenvalue weighted by Crippen LogP contribution is -2.17. The SMILES string of the molecule is CN(Cc1ccc(Cl)cc1)Cc1cccnc1Cl. The number of hydrogen-bond acceptors (Lipinski definition) is 2. The molecule has 0 saturated heterocycles. The minimum absolute atomic E-state index is 0.570. The molecule has 0 N–H and O–H groups in total. The van der Waals surface area contributed by atoms with Crippen molar-refractivity contribution in [2.45, 2.75) is 13.1 Å². The van der Waals surface area contributed by atoms with Crippen LogP contribution in [0.15, 0.2) is 42.6 Å². The van der Waals surface area contributed by atoms with Crippen molar-refractivity contribution in [3.63, 3.8) is 0 Å². The van der Waals surface area contributed by atoms with E-state index in [1.165, 1.54) is 5.56 Å². The van der Waals surface area contributed by atoms with E-state index in [4.69, 9.17) is 23.2 Å². The molecule has 0 aliphatic carbocycles. The predicted octanol–water partition coefficient (Wildman–Crippen LogP) is 4.02. The van der Waals surface area contributed by atoms with Crippen molar-refractivity contribution in [1.29, 1.82) is 0 Å². The maximum absolute atomic E-state index is 6.04. The third kappa shape index (κ3) is 3.70. The van der Waals surface area contributed by atoms with Gasteiger partial charge in [0, 0.05) is 29.9 Å². The molecule has 94 valence electrons. The Morgan fingerprint density at radius 2 is 1.78 bits per heavy atom.